The predicted octanol–water partition coefficient (Wildman–Crippen LogP) is 2.26. The lowest BCUT2D eigenvalue weighted by atomic mass is 10.2. The summed E-state index contributed by atoms with van der Waals surface area (Å²) in [7, 11) is 1.69. The highest BCUT2D eigenvalue weighted by Gasteiger charge is 2.03. The molecule has 2 rings (SSSR count). The lowest BCUT2D eigenvalue weighted by Crippen LogP contribution is -2.06. The standard InChI is InChI=1S/C11H13N3OS/c1-15-7-6-13-11-14-8-10(16-11)9-2-4-12-5-3-9/h2-5,8H,6-7H2,1H3,(H,13,14). The molecule has 2 aromatic rings. The molecule has 2 aromatic heterocycles. The summed E-state index contributed by atoms with van der Waals surface area (Å²) in [6, 6.07) is 3.96. The first-order valence-electron chi connectivity index (χ1n) is 4.99. The van der Waals surface area contributed by atoms with Crippen LogP contribution < -0.4 is 5.32 Å². The van der Waals surface area contributed by atoms with Gasteiger partial charge < -0.3 is 10.1 Å². The van der Waals surface area contributed by atoms with Gasteiger partial charge >= 0.3 is 0 Å². The second-order valence-electron chi connectivity index (χ2n) is 3.19. The van der Waals surface area contributed by atoms with Crippen molar-refractivity contribution in [3.63, 3.8) is 0 Å². The Morgan fingerprint density at radius 3 is 2.94 bits per heavy atom. The van der Waals surface area contributed by atoms with Crippen molar-refractivity contribution in [3.05, 3.63) is 30.7 Å². The molecule has 0 aromatic carbocycles. The fourth-order valence-electron chi connectivity index (χ4n) is 1.27. The summed E-state index contributed by atoms with van der Waals surface area (Å²) in [6.45, 7) is 1.46. The molecule has 0 aliphatic heterocycles. The highest BCUT2D eigenvalue weighted by molar-refractivity contribution is 7.18. The van der Waals surface area contributed by atoms with Crippen LogP contribution in [0.4, 0.5) is 5.13 Å². The lowest BCUT2D eigenvalue weighted by Gasteiger charge is -1.99. The van der Waals surface area contributed by atoms with Crippen LogP contribution in [-0.2, 0) is 4.74 Å². The van der Waals surface area contributed by atoms with Gasteiger partial charge in [-0.1, -0.05) is 11.3 Å². The molecular weight excluding hydrogens is 222 g/mol. The van der Waals surface area contributed by atoms with Crippen molar-refractivity contribution in [2.24, 2.45) is 0 Å². The minimum Gasteiger partial charge on any atom is -0.383 e. The van der Waals surface area contributed by atoms with Crippen LogP contribution in [0, 0.1) is 0 Å². The van der Waals surface area contributed by atoms with Crippen molar-refractivity contribution >= 4 is 16.5 Å². The van der Waals surface area contributed by atoms with Crippen molar-refractivity contribution in [2.45, 2.75) is 0 Å². The van der Waals surface area contributed by atoms with Crippen LogP contribution in [0.1, 0.15) is 0 Å². The summed E-state index contributed by atoms with van der Waals surface area (Å²) >= 11 is 1.63. The van der Waals surface area contributed by atoms with Crippen LogP contribution in [0.15, 0.2) is 30.7 Å². The van der Waals surface area contributed by atoms with E-state index in [9.17, 15) is 0 Å². The first-order valence-corrected chi connectivity index (χ1v) is 5.81. The van der Waals surface area contributed by atoms with E-state index in [2.05, 4.69) is 15.3 Å². The largest absolute Gasteiger partial charge is 0.383 e. The van der Waals surface area contributed by atoms with E-state index in [4.69, 9.17) is 4.74 Å². The molecule has 0 unspecified atom stereocenters. The molecular formula is C11H13N3OS. The van der Waals surface area contributed by atoms with E-state index < -0.39 is 0 Å². The van der Waals surface area contributed by atoms with Crippen LogP contribution in [0.25, 0.3) is 10.4 Å². The molecule has 0 spiro atoms. The Balaban J connectivity index is 2.02. The van der Waals surface area contributed by atoms with Crippen molar-refractivity contribution < 1.29 is 4.74 Å². The Morgan fingerprint density at radius 2 is 2.19 bits per heavy atom. The molecule has 0 saturated carbocycles. The summed E-state index contributed by atoms with van der Waals surface area (Å²) in [5, 5.41) is 4.12. The first kappa shape index (κ1) is 11.0. The van der Waals surface area contributed by atoms with E-state index >= 15 is 0 Å². The fraction of sp³-hybridized carbons (Fsp3) is 0.273. The van der Waals surface area contributed by atoms with E-state index in [-0.39, 0.29) is 0 Å². The van der Waals surface area contributed by atoms with E-state index in [0.29, 0.717) is 6.61 Å². The first-order chi connectivity index (χ1) is 7.90. The smallest absolute Gasteiger partial charge is 0.183 e. The second-order valence-corrected chi connectivity index (χ2v) is 4.22. The monoisotopic (exact) mass is 235 g/mol. The number of pyridine rings is 1. The molecule has 4 nitrogen and oxygen atoms in total. The van der Waals surface area contributed by atoms with E-state index in [1.54, 1.807) is 30.8 Å². The summed E-state index contributed by atoms with van der Waals surface area (Å²) in [6.07, 6.45) is 5.44. The van der Waals surface area contributed by atoms with Gasteiger partial charge in [0.2, 0.25) is 0 Å². The maximum absolute atomic E-state index is 4.96. The number of thiazole rings is 1. The van der Waals surface area contributed by atoms with Crippen molar-refractivity contribution in [3.8, 4) is 10.4 Å². The Kier molecular flexibility index (Phi) is 3.85. The molecule has 0 saturated heterocycles. The van der Waals surface area contributed by atoms with Crippen LogP contribution in [-0.4, -0.2) is 30.2 Å². The molecule has 0 aliphatic carbocycles. The number of nitrogens with one attached hydrogen (secondary N) is 1. The number of nitrogens with zero attached hydrogens (tertiary/aromatic N) is 2. The predicted molar refractivity (Wildman–Crippen MR) is 65.7 cm³/mol. The number of ether oxygens (including phenoxy) is 1. The van der Waals surface area contributed by atoms with Gasteiger partial charge in [0.05, 0.1) is 11.5 Å². The molecule has 0 aliphatic rings. The maximum atomic E-state index is 4.96. The summed E-state index contributed by atoms with van der Waals surface area (Å²) < 4.78 is 4.96. The second kappa shape index (κ2) is 5.58. The molecule has 0 atom stereocenters. The Morgan fingerprint density at radius 1 is 1.38 bits per heavy atom. The van der Waals surface area contributed by atoms with Gasteiger partial charge in [0.1, 0.15) is 0 Å². The third kappa shape index (κ3) is 2.77. The summed E-state index contributed by atoms with van der Waals surface area (Å²) in [4.78, 5) is 9.43. The number of methoxy groups -OCH3 is 1. The molecule has 1 N–H and O–H groups in total. The van der Waals surface area contributed by atoms with Gasteiger partial charge in [-0.05, 0) is 17.7 Å². The lowest BCUT2D eigenvalue weighted by molar-refractivity contribution is 0.211. The molecule has 16 heavy (non-hydrogen) atoms. The van der Waals surface area contributed by atoms with Crippen molar-refractivity contribution in [1.82, 2.24) is 9.97 Å². The van der Waals surface area contributed by atoms with Gasteiger partial charge in [0.15, 0.2) is 5.13 Å². The van der Waals surface area contributed by atoms with Crippen LogP contribution in [0.2, 0.25) is 0 Å². The zero-order valence-electron chi connectivity index (χ0n) is 9.01. The third-order valence-electron chi connectivity index (χ3n) is 2.05. The quantitative estimate of drug-likeness (QED) is 0.807. The van der Waals surface area contributed by atoms with Crippen LogP contribution >= 0.6 is 11.3 Å². The molecule has 2 heterocycles. The van der Waals surface area contributed by atoms with Gasteiger partial charge in [0, 0.05) is 32.2 Å². The highest BCUT2D eigenvalue weighted by Crippen LogP contribution is 2.27. The SMILES string of the molecule is COCCNc1ncc(-c2ccncc2)s1. The average Bonchev–Trinajstić information content (AvgIpc) is 2.79. The van der Waals surface area contributed by atoms with Gasteiger partial charge in [-0.15, -0.1) is 0 Å². The van der Waals surface area contributed by atoms with Gasteiger partial charge in [-0.2, -0.15) is 0 Å². The third-order valence-corrected chi connectivity index (χ3v) is 3.06. The Labute approximate surface area is 98.3 Å². The number of anilines is 1. The van der Waals surface area contributed by atoms with Crippen molar-refractivity contribution in [2.75, 3.05) is 25.6 Å². The molecule has 0 fully saturated rings. The summed E-state index contributed by atoms with van der Waals surface area (Å²) in [5.41, 5.74) is 1.15. The minimum absolute atomic E-state index is 0.685. The Bertz CT molecular complexity index is 430. The normalized spacial score (nSPS) is 10.3. The molecule has 0 amide bonds. The van der Waals surface area contributed by atoms with Crippen LogP contribution in [0.5, 0.6) is 0 Å². The summed E-state index contributed by atoms with van der Waals surface area (Å²) in [5.74, 6) is 0. The van der Waals surface area contributed by atoms with E-state index in [1.165, 1.54) is 0 Å². The topological polar surface area (TPSA) is 47.0 Å². The zero-order chi connectivity index (χ0) is 11.2. The minimum atomic E-state index is 0.685. The number of aromatic nitrogens is 2. The zero-order valence-corrected chi connectivity index (χ0v) is 9.83. The van der Waals surface area contributed by atoms with Crippen molar-refractivity contribution in [1.29, 1.82) is 0 Å². The van der Waals surface area contributed by atoms with Crippen LogP contribution in [0.3, 0.4) is 0 Å². The molecule has 0 bridgehead atoms. The molecule has 84 valence electrons. The number of hydrogen-bond donors (Lipinski definition) is 1. The maximum Gasteiger partial charge on any atom is 0.183 e. The number of rotatable bonds is 5. The van der Waals surface area contributed by atoms with E-state index in [1.807, 2.05) is 18.3 Å². The highest BCUT2D eigenvalue weighted by atomic mass is 32.1. The fourth-order valence-corrected chi connectivity index (χ4v) is 2.11. The molecule has 0 radical (unpaired) electrons. The molecule has 5 heteroatoms. The average molecular weight is 235 g/mol. The number of hydrogen-bond acceptors (Lipinski definition) is 5. The Hall–Kier alpha value is -1.46. The van der Waals surface area contributed by atoms with Gasteiger partial charge in [0.25, 0.3) is 0 Å². The van der Waals surface area contributed by atoms with E-state index in [0.717, 1.165) is 22.1 Å². The van der Waals surface area contributed by atoms with Gasteiger partial charge in [-0.25, -0.2) is 4.98 Å². The van der Waals surface area contributed by atoms with Gasteiger partial charge in [-0.3, -0.25) is 4.98 Å².